The minimum atomic E-state index is -0.730. The molecule has 0 saturated heterocycles. The molecule has 0 radical (unpaired) electrons. The van der Waals surface area contributed by atoms with Crippen LogP contribution in [0.3, 0.4) is 0 Å². The molecule has 0 saturated carbocycles. The molecule has 3 aromatic rings. The Morgan fingerprint density at radius 3 is 2.42 bits per heavy atom. The molecule has 0 spiro atoms. The molecule has 1 aromatic heterocycles. The summed E-state index contributed by atoms with van der Waals surface area (Å²) >= 11 is 0. The minimum absolute atomic E-state index is 0.135. The summed E-state index contributed by atoms with van der Waals surface area (Å²) in [6, 6.07) is 9.57. The van der Waals surface area contributed by atoms with Crippen molar-refractivity contribution in [3.63, 3.8) is 0 Å². The van der Waals surface area contributed by atoms with E-state index in [9.17, 15) is 19.3 Å². The number of hydrogen-bond donors (Lipinski definition) is 0. The van der Waals surface area contributed by atoms with Gasteiger partial charge in [-0.2, -0.15) is 9.78 Å². The molecule has 8 heteroatoms. The van der Waals surface area contributed by atoms with Crippen LogP contribution >= 0.6 is 0 Å². The third-order valence-electron chi connectivity index (χ3n) is 3.56. The van der Waals surface area contributed by atoms with Gasteiger partial charge in [-0.25, -0.2) is 9.18 Å². The highest BCUT2D eigenvalue weighted by Crippen LogP contribution is 2.31. The number of hydrogen-bond acceptors (Lipinski definition) is 5. The van der Waals surface area contributed by atoms with Crippen molar-refractivity contribution in [1.82, 2.24) is 9.78 Å². The van der Waals surface area contributed by atoms with Gasteiger partial charge < -0.3 is 4.74 Å². The highest BCUT2D eigenvalue weighted by atomic mass is 19.1. The van der Waals surface area contributed by atoms with E-state index in [1.54, 1.807) is 20.8 Å². The molecule has 1 heterocycles. The van der Waals surface area contributed by atoms with E-state index in [0.29, 0.717) is 22.2 Å². The van der Waals surface area contributed by atoms with E-state index in [4.69, 9.17) is 4.74 Å². The monoisotopic (exact) mass is 357 g/mol. The van der Waals surface area contributed by atoms with Gasteiger partial charge in [-0.15, -0.1) is 0 Å². The van der Waals surface area contributed by atoms with E-state index < -0.39 is 22.4 Å². The van der Waals surface area contributed by atoms with Crippen LogP contribution in [0.5, 0.6) is 0 Å². The van der Waals surface area contributed by atoms with Crippen molar-refractivity contribution in [3.05, 3.63) is 58.4 Å². The van der Waals surface area contributed by atoms with Gasteiger partial charge in [0.2, 0.25) is 0 Å². The highest BCUT2D eigenvalue weighted by Gasteiger charge is 2.24. The van der Waals surface area contributed by atoms with Gasteiger partial charge in [-0.05, 0) is 51.1 Å². The van der Waals surface area contributed by atoms with Crippen molar-refractivity contribution >= 4 is 22.7 Å². The van der Waals surface area contributed by atoms with Crippen LogP contribution in [0.2, 0.25) is 0 Å². The van der Waals surface area contributed by atoms with E-state index >= 15 is 0 Å². The Balaban J connectivity index is 2.22. The Kier molecular flexibility index (Phi) is 4.19. The lowest BCUT2D eigenvalue weighted by Crippen LogP contribution is -2.27. The lowest BCUT2D eigenvalue weighted by atomic mass is 10.1. The van der Waals surface area contributed by atoms with E-state index in [-0.39, 0.29) is 5.69 Å². The second kappa shape index (κ2) is 6.21. The molecule has 7 nitrogen and oxygen atoms in total. The number of benzene rings is 2. The fourth-order valence-electron chi connectivity index (χ4n) is 2.49. The van der Waals surface area contributed by atoms with Gasteiger partial charge in [0.15, 0.2) is 0 Å². The summed E-state index contributed by atoms with van der Waals surface area (Å²) in [5, 5.41) is 15.8. The molecule has 0 aliphatic rings. The maximum absolute atomic E-state index is 13.2. The summed E-state index contributed by atoms with van der Waals surface area (Å²) in [4.78, 5) is 23.0. The number of nitrogens with zero attached hydrogens (tertiary/aromatic N) is 3. The lowest BCUT2D eigenvalue weighted by Gasteiger charge is -2.19. The number of non-ortho nitro benzene ring substituents is 1. The van der Waals surface area contributed by atoms with Crippen molar-refractivity contribution < 1.29 is 18.8 Å². The number of carbonyl (C=O) groups is 1. The fraction of sp³-hybridized carbons (Fsp3) is 0.222. The molecule has 0 unspecified atom stereocenters. The molecule has 0 bridgehead atoms. The van der Waals surface area contributed by atoms with E-state index in [2.05, 4.69) is 5.10 Å². The van der Waals surface area contributed by atoms with Crippen LogP contribution in [0.4, 0.5) is 14.9 Å². The Hall–Kier alpha value is -3.29. The topological polar surface area (TPSA) is 87.3 Å². The average molecular weight is 357 g/mol. The second-order valence-corrected chi connectivity index (χ2v) is 6.71. The molecular weight excluding hydrogens is 341 g/mol. The van der Waals surface area contributed by atoms with Gasteiger partial charge in [0, 0.05) is 23.1 Å². The number of aromatic nitrogens is 2. The zero-order valence-electron chi connectivity index (χ0n) is 14.4. The van der Waals surface area contributed by atoms with Gasteiger partial charge in [0.05, 0.1) is 10.4 Å². The molecule has 2 aromatic carbocycles. The number of fused-ring (bicyclic) bond motifs is 1. The zero-order chi connectivity index (χ0) is 19.1. The molecule has 0 aliphatic carbocycles. The maximum Gasteiger partial charge on any atom is 0.435 e. The quantitative estimate of drug-likeness (QED) is 0.496. The fourth-order valence-corrected chi connectivity index (χ4v) is 2.49. The standard InChI is InChI=1S/C18H16FN3O4/c1-18(2,3)26-17(23)21-15-9-8-13(22(24)25)10-14(15)16(20-21)11-4-6-12(19)7-5-11/h4-10H,1-3H3. The normalized spacial score (nSPS) is 11.5. The van der Waals surface area contributed by atoms with Crippen molar-refractivity contribution in [2.45, 2.75) is 26.4 Å². The highest BCUT2D eigenvalue weighted by molar-refractivity contribution is 5.98. The van der Waals surface area contributed by atoms with Crippen molar-refractivity contribution in [3.8, 4) is 11.3 Å². The predicted octanol–water partition coefficient (Wildman–Crippen LogP) is 4.53. The number of rotatable bonds is 2. The number of halogens is 1. The molecule has 0 aliphatic heterocycles. The van der Waals surface area contributed by atoms with Gasteiger partial charge in [-0.3, -0.25) is 10.1 Å². The summed E-state index contributed by atoms with van der Waals surface area (Å²) in [6.45, 7) is 5.17. The second-order valence-electron chi connectivity index (χ2n) is 6.71. The van der Waals surface area contributed by atoms with Crippen LogP contribution < -0.4 is 0 Å². The summed E-state index contributed by atoms with van der Waals surface area (Å²) in [6.07, 6.45) is -0.704. The third kappa shape index (κ3) is 3.39. The predicted molar refractivity (Wildman–Crippen MR) is 93.4 cm³/mol. The first kappa shape index (κ1) is 17.5. The Morgan fingerprint density at radius 2 is 1.85 bits per heavy atom. The van der Waals surface area contributed by atoms with Gasteiger partial charge in [0.25, 0.3) is 5.69 Å². The van der Waals surface area contributed by atoms with Crippen LogP contribution in [-0.4, -0.2) is 26.4 Å². The SMILES string of the molecule is CC(C)(C)OC(=O)n1nc(-c2ccc(F)cc2)c2cc([N+](=O)[O-])ccc21. The lowest BCUT2D eigenvalue weighted by molar-refractivity contribution is -0.384. The smallest absolute Gasteiger partial charge is 0.435 e. The van der Waals surface area contributed by atoms with Crippen LogP contribution in [0.25, 0.3) is 22.2 Å². The van der Waals surface area contributed by atoms with Crippen molar-refractivity contribution in [1.29, 1.82) is 0 Å². The number of nitro groups is 1. The maximum atomic E-state index is 13.2. The van der Waals surface area contributed by atoms with Gasteiger partial charge in [-0.1, -0.05) is 0 Å². The Labute approximate surface area is 148 Å². The van der Waals surface area contributed by atoms with Gasteiger partial charge in [0.1, 0.15) is 17.1 Å². The van der Waals surface area contributed by atoms with Crippen molar-refractivity contribution in [2.75, 3.05) is 0 Å². The summed E-state index contributed by atoms with van der Waals surface area (Å²) in [7, 11) is 0. The molecule has 0 amide bonds. The molecule has 3 rings (SSSR count). The molecule has 0 atom stereocenters. The first-order chi connectivity index (χ1) is 12.2. The van der Waals surface area contributed by atoms with Crippen LogP contribution in [0.1, 0.15) is 20.8 Å². The number of ether oxygens (including phenoxy) is 1. The number of carbonyl (C=O) groups excluding carboxylic acids is 1. The zero-order valence-corrected chi connectivity index (χ0v) is 14.4. The van der Waals surface area contributed by atoms with Crippen LogP contribution in [0, 0.1) is 15.9 Å². The molecule has 0 N–H and O–H groups in total. The first-order valence-corrected chi connectivity index (χ1v) is 7.82. The first-order valence-electron chi connectivity index (χ1n) is 7.82. The number of nitro benzene ring substituents is 1. The third-order valence-corrected chi connectivity index (χ3v) is 3.56. The Morgan fingerprint density at radius 1 is 1.19 bits per heavy atom. The molecule has 26 heavy (non-hydrogen) atoms. The Bertz CT molecular complexity index is 1000. The van der Waals surface area contributed by atoms with Crippen LogP contribution in [0.15, 0.2) is 42.5 Å². The average Bonchev–Trinajstić information content (AvgIpc) is 2.93. The molecule has 134 valence electrons. The molecule has 0 fully saturated rings. The van der Waals surface area contributed by atoms with E-state index in [1.165, 1.54) is 42.5 Å². The van der Waals surface area contributed by atoms with Gasteiger partial charge >= 0.3 is 6.09 Å². The largest absolute Gasteiger partial charge is 0.442 e. The summed E-state index contributed by atoms with van der Waals surface area (Å²) < 4.78 is 19.6. The van der Waals surface area contributed by atoms with E-state index in [0.717, 1.165) is 4.68 Å². The summed E-state index contributed by atoms with van der Waals surface area (Å²) in [5.41, 5.74) is 0.356. The summed E-state index contributed by atoms with van der Waals surface area (Å²) in [5.74, 6) is -0.421. The molecular formula is C18H16FN3O4. The van der Waals surface area contributed by atoms with E-state index in [1.807, 2.05) is 0 Å². The minimum Gasteiger partial charge on any atom is -0.442 e. The van der Waals surface area contributed by atoms with Crippen LogP contribution in [-0.2, 0) is 4.74 Å². The van der Waals surface area contributed by atoms with Crippen molar-refractivity contribution in [2.24, 2.45) is 0 Å².